The maximum atomic E-state index is 14.0. The van der Waals surface area contributed by atoms with Gasteiger partial charge >= 0.3 is 12.1 Å². The van der Waals surface area contributed by atoms with Gasteiger partial charge in [-0.25, -0.2) is 9.59 Å². The third kappa shape index (κ3) is 7.26. The van der Waals surface area contributed by atoms with Gasteiger partial charge in [-0.1, -0.05) is 64.2 Å². The lowest BCUT2D eigenvalue weighted by Crippen LogP contribution is -2.43. The largest absolute Gasteiger partial charge is 0.496 e. The fourth-order valence-electron chi connectivity index (χ4n) is 5.93. The predicted molar refractivity (Wildman–Crippen MR) is 165 cm³/mol. The van der Waals surface area contributed by atoms with E-state index in [0.717, 1.165) is 53.8 Å². The number of methoxy groups -OCH3 is 1. The third-order valence-corrected chi connectivity index (χ3v) is 7.74. The fourth-order valence-corrected chi connectivity index (χ4v) is 5.93. The molecule has 1 saturated carbocycles. The summed E-state index contributed by atoms with van der Waals surface area (Å²) in [7, 11) is 3.12. The van der Waals surface area contributed by atoms with Crippen LogP contribution in [0.3, 0.4) is 0 Å². The summed E-state index contributed by atoms with van der Waals surface area (Å²) in [6, 6.07) is 11.2. The zero-order valence-electron chi connectivity index (χ0n) is 26.6. The van der Waals surface area contributed by atoms with E-state index in [2.05, 4.69) is 19.2 Å². The topological polar surface area (TPSA) is 94.2 Å². The van der Waals surface area contributed by atoms with Crippen LogP contribution >= 0.6 is 0 Å². The second-order valence-corrected chi connectivity index (χ2v) is 12.3. The van der Waals surface area contributed by atoms with E-state index in [1.54, 1.807) is 40.0 Å². The molecule has 1 N–H and O–H groups in total. The number of esters is 1. The lowest BCUT2D eigenvalue weighted by molar-refractivity contribution is -0.135. The summed E-state index contributed by atoms with van der Waals surface area (Å²) < 4.78 is 16.3. The molecule has 230 valence electrons. The van der Waals surface area contributed by atoms with Gasteiger partial charge in [-0.2, -0.15) is 0 Å². The first-order valence-corrected chi connectivity index (χ1v) is 15.1. The molecule has 0 radical (unpaired) electrons. The first kappa shape index (κ1) is 33.0. The molecule has 1 aliphatic heterocycles. The van der Waals surface area contributed by atoms with Crippen LogP contribution in [0.5, 0.6) is 11.5 Å². The number of likely N-dealkylation sites (N-methyl/N-ethyl adjacent to an activating group) is 1. The molecule has 1 fully saturated rings. The van der Waals surface area contributed by atoms with Gasteiger partial charge in [0.1, 0.15) is 29.1 Å². The predicted octanol–water partition coefficient (Wildman–Crippen LogP) is 7.40. The minimum absolute atomic E-state index is 0.0236. The van der Waals surface area contributed by atoms with Gasteiger partial charge < -0.3 is 24.4 Å². The molecule has 2 aromatic rings. The van der Waals surface area contributed by atoms with Crippen molar-refractivity contribution >= 4 is 23.7 Å². The molecule has 4 rings (SSSR count). The Labute approximate surface area is 251 Å². The molecule has 1 atom stereocenters. The van der Waals surface area contributed by atoms with Gasteiger partial charge in [0.05, 0.1) is 12.8 Å². The molecular formula is C34H48N2O6. The van der Waals surface area contributed by atoms with Gasteiger partial charge in [0.25, 0.3) is 0 Å². The Balaban J connectivity index is 0.00000155. The zero-order valence-corrected chi connectivity index (χ0v) is 26.6. The number of hydrogen-bond donors (Lipinski definition) is 1. The van der Waals surface area contributed by atoms with Crippen molar-refractivity contribution in [2.45, 2.75) is 97.5 Å². The van der Waals surface area contributed by atoms with Gasteiger partial charge in [0.15, 0.2) is 0 Å². The van der Waals surface area contributed by atoms with Crippen molar-refractivity contribution in [3.05, 3.63) is 53.1 Å². The maximum Gasteiger partial charge on any atom is 0.410 e. The standard InChI is InChI=1S/C31H40N2O6.C3H8/c1-20-25(37-6)18-17-24-27(20)32-28(35)31(24,21-11-9-7-8-10-12-21)22-13-15-23(16-14-22)38-26(34)19-33(5)29(36)39-30(2,3)4;1-3-2/h13-18,21H,7-12,19H2,1-6H3,(H,32,35);3H2,1-2H3. The van der Waals surface area contributed by atoms with Crippen molar-refractivity contribution in [1.29, 1.82) is 0 Å². The van der Waals surface area contributed by atoms with Crippen molar-refractivity contribution in [2.24, 2.45) is 5.92 Å². The van der Waals surface area contributed by atoms with Gasteiger partial charge in [-0.3, -0.25) is 4.79 Å². The number of nitrogens with one attached hydrogen (secondary N) is 1. The number of benzene rings is 2. The second-order valence-electron chi connectivity index (χ2n) is 12.3. The number of carbonyl (C=O) groups is 3. The van der Waals surface area contributed by atoms with E-state index in [1.807, 2.05) is 31.2 Å². The van der Waals surface area contributed by atoms with E-state index >= 15 is 0 Å². The summed E-state index contributed by atoms with van der Waals surface area (Å²) >= 11 is 0. The lowest BCUT2D eigenvalue weighted by atomic mass is 9.64. The molecule has 8 nitrogen and oxygen atoms in total. The quantitative estimate of drug-likeness (QED) is 0.217. The van der Waals surface area contributed by atoms with E-state index in [1.165, 1.54) is 31.2 Å². The molecule has 0 bridgehead atoms. The molecule has 0 aromatic heterocycles. The average Bonchev–Trinajstić information content (AvgIpc) is 3.06. The van der Waals surface area contributed by atoms with Gasteiger partial charge in [0.2, 0.25) is 5.91 Å². The molecule has 8 heteroatoms. The summed E-state index contributed by atoms with van der Waals surface area (Å²) in [4.78, 5) is 39.9. The van der Waals surface area contributed by atoms with Crippen LogP contribution in [0.2, 0.25) is 0 Å². The molecule has 2 aliphatic rings. The highest BCUT2D eigenvalue weighted by Crippen LogP contribution is 2.53. The van der Waals surface area contributed by atoms with Crippen molar-refractivity contribution in [1.82, 2.24) is 4.90 Å². The normalized spacial score (nSPS) is 18.5. The highest BCUT2D eigenvalue weighted by atomic mass is 16.6. The maximum absolute atomic E-state index is 14.0. The summed E-state index contributed by atoms with van der Waals surface area (Å²) in [5.41, 5.74) is 2.09. The molecule has 2 amide bonds. The van der Waals surface area contributed by atoms with Crippen LogP contribution in [0.25, 0.3) is 0 Å². The van der Waals surface area contributed by atoms with Gasteiger partial charge in [-0.15, -0.1) is 0 Å². The summed E-state index contributed by atoms with van der Waals surface area (Å²) in [6.45, 7) is 11.3. The zero-order chi connectivity index (χ0) is 31.1. The van der Waals surface area contributed by atoms with Crippen molar-refractivity contribution in [3.63, 3.8) is 0 Å². The Morgan fingerprint density at radius 1 is 1.00 bits per heavy atom. The monoisotopic (exact) mass is 580 g/mol. The molecule has 1 aliphatic carbocycles. The number of anilines is 1. The number of fused-ring (bicyclic) bond motifs is 1. The van der Waals surface area contributed by atoms with E-state index in [0.29, 0.717) is 5.75 Å². The van der Waals surface area contributed by atoms with Crippen LogP contribution in [-0.4, -0.2) is 49.2 Å². The van der Waals surface area contributed by atoms with E-state index in [9.17, 15) is 14.4 Å². The highest BCUT2D eigenvalue weighted by Gasteiger charge is 2.53. The number of nitrogens with zero attached hydrogens (tertiary/aromatic N) is 1. The molecular weight excluding hydrogens is 532 g/mol. The van der Waals surface area contributed by atoms with E-state index in [-0.39, 0.29) is 18.4 Å². The second kappa shape index (κ2) is 14.1. The van der Waals surface area contributed by atoms with Crippen molar-refractivity contribution < 1.29 is 28.6 Å². The Morgan fingerprint density at radius 2 is 1.60 bits per heavy atom. The Morgan fingerprint density at radius 3 is 2.14 bits per heavy atom. The first-order valence-electron chi connectivity index (χ1n) is 15.1. The number of carbonyl (C=O) groups excluding carboxylic acids is 3. The van der Waals surface area contributed by atoms with E-state index in [4.69, 9.17) is 14.2 Å². The number of rotatable bonds is 6. The summed E-state index contributed by atoms with van der Waals surface area (Å²) in [5.74, 6) is 0.627. The minimum atomic E-state index is -0.837. The van der Waals surface area contributed by atoms with Gasteiger partial charge in [-0.05, 0) is 75.8 Å². The molecule has 0 saturated heterocycles. The number of ether oxygens (including phenoxy) is 3. The SMILES string of the molecule is CCC.COc1ccc2c(c1C)NC(=O)C2(c1ccc(OC(=O)CN(C)C(=O)OC(C)(C)C)cc1)C1CCCCCC1. The molecule has 2 aromatic carbocycles. The number of hydrogen-bond acceptors (Lipinski definition) is 6. The summed E-state index contributed by atoms with van der Waals surface area (Å²) in [6.07, 6.45) is 7.11. The van der Waals surface area contributed by atoms with Crippen LogP contribution in [0.1, 0.15) is 96.3 Å². The summed E-state index contributed by atoms with van der Waals surface area (Å²) in [5, 5.41) is 3.19. The van der Waals surface area contributed by atoms with Gasteiger partial charge in [0, 0.05) is 12.6 Å². The average molecular weight is 581 g/mol. The first-order chi connectivity index (χ1) is 19.9. The lowest BCUT2D eigenvalue weighted by Gasteiger charge is -2.36. The Kier molecular flexibility index (Phi) is 11.0. The van der Waals surface area contributed by atoms with Crippen LogP contribution < -0.4 is 14.8 Å². The Bertz CT molecular complexity index is 1240. The van der Waals surface area contributed by atoms with Crippen LogP contribution in [-0.2, 0) is 19.7 Å². The van der Waals surface area contributed by atoms with Crippen molar-refractivity contribution in [2.75, 3.05) is 26.0 Å². The van der Waals surface area contributed by atoms with Crippen LogP contribution in [0, 0.1) is 12.8 Å². The Hall–Kier alpha value is -3.55. The minimum Gasteiger partial charge on any atom is -0.496 e. The van der Waals surface area contributed by atoms with Crippen LogP contribution in [0.4, 0.5) is 10.5 Å². The number of amides is 2. The smallest absolute Gasteiger partial charge is 0.410 e. The third-order valence-electron chi connectivity index (χ3n) is 7.74. The van der Waals surface area contributed by atoms with Crippen LogP contribution in [0.15, 0.2) is 36.4 Å². The highest BCUT2D eigenvalue weighted by molar-refractivity contribution is 6.10. The van der Waals surface area contributed by atoms with Crippen molar-refractivity contribution in [3.8, 4) is 11.5 Å². The molecule has 0 spiro atoms. The fraction of sp³-hybridized carbons (Fsp3) is 0.559. The molecule has 42 heavy (non-hydrogen) atoms. The molecule has 1 unspecified atom stereocenters. The van der Waals surface area contributed by atoms with E-state index < -0.39 is 23.1 Å². The molecule has 1 heterocycles.